The van der Waals surface area contributed by atoms with Crippen LogP contribution in [0.15, 0.2) is 73.1 Å². The fourth-order valence-electron chi connectivity index (χ4n) is 4.27. The van der Waals surface area contributed by atoms with Crippen molar-refractivity contribution >= 4 is 12.2 Å². The number of hydrogen-bond donors (Lipinski definition) is 0. The molecule has 0 radical (unpaired) electrons. The predicted octanol–water partition coefficient (Wildman–Crippen LogP) is 10.1. The van der Waals surface area contributed by atoms with Gasteiger partial charge in [0.05, 0.1) is 0 Å². The minimum Gasteiger partial charge on any atom is -0.349 e. The van der Waals surface area contributed by atoms with Gasteiger partial charge < -0.3 is 4.90 Å². The molecule has 0 heterocycles. The molecule has 0 bridgehead atoms. The highest BCUT2D eigenvalue weighted by Crippen LogP contribution is 2.25. The number of benzene rings is 2. The number of unbranched alkanes of at least 4 members (excludes halogenated alkanes) is 10. The zero-order valence-electron chi connectivity index (χ0n) is 21.5. The van der Waals surface area contributed by atoms with Gasteiger partial charge in [-0.3, -0.25) is 0 Å². The Bertz CT molecular complexity index is 723. The summed E-state index contributed by atoms with van der Waals surface area (Å²) in [5, 5.41) is 0. The van der Waals surface area contributed by atoms with E-state index in [9.17, 15) is 0 Å². The van der Waals surface area contributed by atoms with Crippen molar-refractivity contribution in [3.8, 4) is 0 Å². The molecule has 0 unspecified atom stereocenters. The van der Waals surface area contributed by atoms with E-state index in [1.165, 1.54) is 88.2 Å². The van der Waals surface area contributed by atoms with E-state index in [4.69, 9.17) is 0 Å². The molecule has 1 heteroatoms. The minimum atomic E-state index is 0.0792. The topological polar surface area (TPSA) is 3.24 Å². The summed E-state index contributed by atoms with van der Waals surface area (Å²) in [6.07, 6.45) is 25.4. The summed E-state index contributed by atoms with van der Waals surface area (Å²) < 4.78 is 0. The Kier molecular flexibility index (Phi) is 13.4. The molecule has 0 fully saturated rings. The maximum Gasteiger partial charge on any atom is 0.0383 e. The van der Waals surface area contributed by atoms with Crippen LogP contribution < -0.4 is 0 Å². The predicted molar refractivity (Wildman–Crippen MR) is 148 cm³/mol. The zero-order valence-corrected chi connectivity index (χ0v) is 21.5. The quantitative estimate of drug-likeness (QED) is 0.219. The van der Waals surface area contributed by atoms with Gasteiger partial charge in [-0.1, -0.05) is 138 Å². The molecule has 0 aliphatic carbocycles. The van der Waals surface area contributed by atoms with Gasteiger partial charge in [0.25, 0.3) is 0 Å². The standard InChI is InChI=1S/C32H47N/c1-4-5-6-7-8-9-10-11-12-13-20-27-32(2,3)33(28-25-30-21-16-14-17-22-30)29-26-31-23-18-15-19-24-31/h14-19,21-26,28-29H,4-13,20,27H2,1-3H3/b28-25+,29-26+. The molecule has 0 N–H and O–H groups in total. The zero-order chi connectivity index (χ0) is 23.6. The highest BCUT2D eigenvalue weighted by atomic mass is 15.2. The van der Waals surface area contributed by atoms with E-state index < -0.39 is 0 Å². The molecule has 0 aliphatic heterocycles. The third-order valence-electron chi connectivity index (χ3n) is 6.55. The summed E-state index contributed by atoms with van der Waals surface area (Å²) in [7, 11) is 0. The van der Waals surface area contributed by atoms with Crippen LogP contribution in [-0.4, -0.2) is 10.4 Å². The van der Waals surface area contributed by atoms with Crippen LogP contribution in [0.1, 0.15) is 109 Å². The molecule has 0 aromatic heterocycles. The van der Waals surface area contributed by atoms with Gasteiger partial charge in [0.2, 0.25) is 0 Å². The Morgan fingerprint density at radius 2 is 0.970 bits per heavy atom. The third-order valence-corrected chi connectivity index (χ3v) is 6.55. The Balaban J connectivity index is 1.81. The van der Waals surface area contributed by atoms with Crippen LogP contribution in [0.4, 0.5) is 0 Å². The minimum absolute atomic E-state index is 0.0792. The monoisotopic (exact) mass is 445 g/mol. The van der Waals surface area contributed by atoms with Gasteiger partial charge in [-0.15, -0.1) is 0 Å². The molecule has 0 atom stereocenters. The van der Waals surface area contributed by atoms with Gasteiger partial charge in [0.1, 0.15) is 0 Å². The second-order valence-electron chi connectivity index (χ2n) is 9.96. The van der Waals surface area contributed by atoms with Crippen molar-refractivity contribution in [1.82, 2.24) is 4.90 Å². The van der Waals surface area contributed by atoms with Gasteiger partial charge in [-0.05, 0) is 43.5 Å². The summed E-state index contributed by atoms with van der Waals surface area (Å²) in [6, 6.07) is 21.2. The Morgan fingerprint density at radius 1 is 0.576 bits per heavy atom. The Morgan fingerprint density at radius 3 is 1.39 bits per heavy atom. The van der Waals surface area contributed by atoms with Crippen molar-refractivity contribution in [2.45, 2.75) is 103 Å². The van der Waals surface area contributed by atoms with Crippen molar-refractivity contribution in [2.75, 3.05) is 0 Å². The van der Waals surface area contributed by atoms with Gasteiger partial charge in [0, 0.05) is 17.9 Å². The van der Waals surface area contributed by atoms with E-state index in [-0.39, 0.29) is 5.54 Å². The lowest BCUT2D eigenvalue weighted by atomic mass is 9.94. The van der Waals surface area contributed by atoms with Crippen LogP contribution in [0.3, 0.4) is 0 Å². The fraction of sp³-hybridized carbons (Fsp3) is 0.500. The van der Waals surface area contributed by atoms with Crippen molar-refractivity contribution in [2.24, 2.45) is 0 Å². The molecule has 33 heavy (non-hydrogen) atoms. The van der Waals surface area contributed by atoms with Crippen LogP contribution >= 0.6 is 0 Å². The summed E-state index contributed by atoms with van der Waals surface area (Å²) in [5.74, 6) is 0. The molecule has 2 rings (SSSR count). The molecule has 0 saturated heterocycles. The molecule has 2 aromatic rings. The van der Waals surface area contributed by atoms with Gasteiger partial charge >= 0.3 is 0 Å². The van der Waals surface area contributed by atoms with Crippen LogP contribution in [0.5, 0.6) is 0 Å². The van der Waals surface area contributed by atoms with E-state index in [0.717, 1.165) is 0 Å². The molecule has 2 aromatic carbocycles. The van der Waals surface area contributed by atoms with Crippen LogP contribution in [-0.2, 0) is 0 Å². The highest BCUT2D eigenvalue weighted by Gasteiger charge is 2.22. The summed E-state index contributed by atoms with van der Waals surface area (Å²) in [5.41, 5.74) is 2.55. The van der Waals surface area contributed by atoms with Gasteiger partial charge in [-0.25, -0.2) is 0 Å². The van der Waals surface area contributed by atoms with Crippen LogP contribution in [0.2, 0.25) is 0 Å². The molecular formula is C32H47N. The second-order valence-corrected chi connectivity index (χ2v) is 9.96. The lowest BCUT2D eigenvalue weighted by Gasteiger charge is -2.36. The summed E-state index contributed by atoms with van der Waals surface area (Å²) >= 11 is 0. The lowest BCUT2D eigenvalue weighted by molar-refractivity contribution is 0.231. The summed E-state index contributed by atoms with van der Waals surface area (Å²) in [4.78, 5) is 2.39. The molecule has 0 amide bonds. The van der Waals surface area contributed by atoms with Crippen LogP contribution in [0.25, 0.3) is 12.2 Å². The fourth-order valence-corrected chi connectivity index (χ4v) is 4.27. The average Bonchev–Trinajstić information content (AvgIpc) is 2.83. The molecule has 0 saturated carbocycles. The van der Waals surface area contributed by atoms with Crippen molar-refractivity contribution in [3.05, 3.63) is 84.2 Å². The van der Waals surface area contributed by atoms with E-state index >= 15 is 0 Å². The second kappa shape index (κ2) is 16.4. The first-order chi connectivity index (χ1) is 16.1. The summed E-state index contributed by atoms with van der Waals surface area (Å²) in [6.45, 7) is 7.03. The van der Waals surface area contributed by atoms with Crippen molar-refractivity contribution in [1.29, 1.82) is 0 Å². The van der Waals surface area contributed by atoms with Crippen molar-refractivity contribution < 1.29 is 0 Å². The molecule has 0 aliphatic rings. The number of nitrogens with zero attached hydrogens (tertiary/aromatic N) is 1. The third kappa shape index (κ3) is 11.9. The molecular weight excluding hydrogens is 398 g/mol. The van der Waals surface area contributed by atoms with E-state index in [2.05, 4.69) is 111 Å². The largest absolute Gasteiger partial charge is 0.349 e. The number of hydrogen-bond acceptors (Lipinski definition) is 1. The Labute approximate surface area is 204 Å². The molecule has 180 valence electrons. The highest BCUT2D eigenvalue weighted by molar-refractivity contribution is 5.51. The van der Waals surface area contributed by atoms with E-state index in [1.54, 1.807) is 0 Å². The normalized spacial score (nSPS) is 12.1. The van der Waals surface area contributed by atoms with E-state index in [0.29, 0.717) is 0 Å². The first-order valence-electron chi connectivity index (χ1n) is 13.4. The first kappa shape index (κ1) is 27.0. The van der Waals surface area contributed by atoms with Gasteiger partial charge in [0.15, 0.2) is 0 Å². The SMILES string of the molecule is CCCCCCCCCCCCCC(C)(C)N(/C=C/c1ccccc1)/C=C/c1ccccc1. The Hall–Kier alpha value is -2.28. The van der Waals surface area contributed by atoms with Crippen LogP contribution in [0, 0.1) is 0 Å². The average molecular weight is 446 g/mol. The maximum absolute atomic E-state index is 2.39. The smallest absolute Gasteiger partial charge is 0.0383 e. The van der Waals surface area contributed by atoms with E-state index in [1.807, 2.05) is 0 Å². The van der Waals surface area contributed by atoms with Gasteiger partial charge in [-0.2, -0.15) is 0 Å². The molecule has 1 nitrogen and oxygen atoms in total. The number of rotatable bonds is 17. The first-order valence-corrected chi connectivity index (χ1v) is 13.4. The lowest BCUT2D eigenvalue weighted by Crippen LogP contribution is -2.36. The molecule has 0 spiro atoms. The van der Waals surface area contributed by atoms with Crippen molar-refractivity contribution in [3.63, 3.8) is 0 Å². The maximum atomic E-state index is 2.39.